The van der Waals surface area contributed by atoms with Crippen molar-refractivity contribution >= 4 is 27.9 Å². The molecule has 0 aliphatic carbocycles. The summed E-state index contributed by atoms with van der Waals surface area (Å²) in [5, 5.41) is 1.03. The van der Waals surface area contributed by atoms with Gasteiger partial charge < -0.3 is 4.74 Å². The molecule has 6 heteroatoms. The highest BCUT2D eigenvalue weighted by Gasteiger charge is 2.34. The van der Waals surface area contributed by atoms with Crippen molar-refractivity contribution in [1.82, 2.24) is 4.31 Å². The van der Waals surface area contributed by atoms with E-state index in [0.29, 0.717) is 12.3 Å². The van der Waals surface area contributed by atoms with Gasteiger partial charge in [-0.2, -0.15) is 4.31 Å². The van der Waals surface area contributed by atoms with Crippen LogP contribution in [0.2, 0.25) is 0 Å². The molecule has 1 unspecified atom stereocenters. The minimum Gasteiger partial charge on any atom is -0.457 e. The molecular weight excluding hydrogens is 402 g/mol. The quantitative estimate of drug-likeness (QED) is 0.523. The zero-order chi connectivity index (χ0) is 20.1. The van der Waals surface area contributed by atoms with Crippen LogP contribution in [0.25, 0.3) is 6.08 Å². The van der Waals surface area contributed by atoms with Crippen molar-refractivity contribution < 1.29 is 13.2 Å². The van der Waals surface area contributed by atoms with Crippen molar-refractivity contribution in [3.05, 3.63) is 101 Å². The minimum absolute atomic E-state index is 0.264. The molecule has 4 nitrogen and oxygen atoms in total. The number of nitrogens with zero attached hydrogens (tertiary/aromatic N) is 1. The van der Waals surface area contributed by atoms with Crippen LogP contribution in [0.5, 0.6) is 11.5 Å². The normalized spacial score (nSPS) is 17.6. The Morgan fingerprint density at radius 1 is 0.897 bits per heavy atom. The zero-order valence-electron chi connectivity index (χ0n) is 15.7. The third-order valence-electron chi connectivity index (χ3n) is 4.53. The van der Waals surface area contributed by atoms with Crippen LogP contribution in [0.1, 0.15) is 16.5 Å². The zero-order valence-corrected chi connectivity index (χ0v) is 17.4. The molecule has 1 saturated heterocycles. The summed E-state index contributed by atoms with van der Waals surface area (Å²) in [6.07, 6.45) is 1.64. The fourth-order valence-corrected chi connectivity index (χ4v) is 6.15. The van der Waals surface area contributed by atoms with E-state index in [9.17, 15) is 8.42 Å². The lowest BCUT2D eigenvalue weighted by Crippen LogP contribution is -2.28. The molecule has 0 saturated carbocycles. The Kier molecular flexibility index (Phi) is 6.04. The average Bonchev–Trinajstić information content (AvgIpc) is 3.25. The Labute approximate surface area is 175 Å². The molecule has 1 aliphatic rings. The first-order chi connectivity index (χ1) is 14.1. The molecule has 3 aromatic rings. The lowest BCUT2D eigenvalue weighted by atomic mass is 10.2. The second-order valence-corrected chi connectivity index (χ2v) is 9.54. The van der Waals surface area contributed by atoms with E-state index in [1.54, 1.807) is 22.1 Å². The van der Waals surface area contributed by atoms with Gasteiger partial charge in [-0.3, -0.25) is 0 Å². The van der Waals surface area contributed by atoms with Crippen LogP contribution in [-0.4, -0.2) is 25.0 Å². The summed E-state index contributed by atoms with van der Waals surface area (Å²) >= 11 is 1.62. The van der Waals surface area contributed by atoms with Gasteiger partial charge in [0.25, 0.3) is 0 Å². The molecule has 29 heavy (non-hydrogen) atoms. The number of hydrogen-bond acceptors (Lipinski definition) is 4. The molecule has 0 aromatic heterocycles. The SMILES string of the molecule is O=S(=O)(C=Cc1ccccc1)N1CCSC1c1cccc(Oc2ccccc2)c1. The number of rotatable bonds is 6. The number of thioether (sulfide) groups is 1. The summed E-state index contributed by atoms with van der Waals surface area (Å²) in [7, 11) is -3.54. The molecule has 3 aromatic carbocycles. The number of para-hydroxylation sites is 1. The molecule has 0 N–H and O–H groups in total. The van der Waals surface area contributed by atoms with Crippen LogP contribution in [0.4, 0.5) is 0 Å². The van der Waals surface area contributed by atoms with Crippen LogP contribution in [-0.2, 0) is 10.0 Å². The first-order valence-electron chi connectivity index (χ1n) is 9.31. The summed E-state index contributed by atoms with van der Waals surface area (Å²) in [4.78, 5) is 0. The van der Waals surface area contributed by atoms with E-state index >= 15 is 0 Å². The predicted molar refractivity (Wildman–Crippen MR) is 119 cm³/mol. The van der Waals surface area contributed by atoms with Crippen molar-refractivity contribution in [1.29, 1.82) is 0 Å². The summed E-state index contributed by atoms with van der Waals surface area (Å²) in [5.41, 5.74) is 1.77. The van der Waals surface area contributed by atoms with E-state index in [-0.39, 0.29) is 5.37 Å². The van der Waals surface area contributed by atoms with Gasteiger partial charge >= 0.3 is 0 Å². The smallest absolute Gasteiger partial charge is 0.237 e. The second kappa shape index (κ2) is 8.86. The summed E-state index contributed by atoms with van der Waals surface area (Å²) in [5.74, 6) is 2.20. The fourth-order valence-electron chi connectivity index (χ4n) is 3.14. The van der Waals surface area contributed by atoms with E-state index in [1.165, 1.54) is 5.41 Å². The van der Waals surface area contributed by atoms with Gasteiger partial charge in [0, 0.05) is 17.7 Å². The molecule has 1 atom stereocenters. The molecular formula is C23H21NO3S2. The van der Waals surface area contributed by atoms with E-state index < -0.39 is 10.0 Å². The average molecular weight is 424 g/mol. The maximum Gasteiger partial charge on any atom is 0.237 e. The molecule has 0 radical (unpaired) electrons. The number of sulfonamides is 1. The maximum atomic E-state index is 13.0. The van der Waals surface area contributed by atoms with Gasteiger partial charge in [0.1, 0.15) is 11.5 Å². The van der Waals surface area contributed by atoms with Crippen molar-refractivity contribution in [3.63, 3.8) is 0 Å². The first-order valence-corrected chi connectivity index (χ1v) is 11.9. The van der Waals surface area contributed by atoms with Crippen LogP contribution in [0, 0.1) is 0 Å². The maximum absolute atomic E-state index is 13.0. The van der Waals surface area contributed by atoms with E-state index in [4.69, 9.17) is 4.74 Å². The standard InChI is InChI=1S/C23H21NO3S2/c25-29(26,17-14-19-8-3-1-4-9-19)24-15-16-28-23(24)20-10-7-13-22(18-20)27-21-11-5-2-6-12-21/h1-14,17-18,23H,15-16H2. The van der Waals surface area contributed by atoms with Gasteiger partial charge in [-0.05, 0) is 41.5 Å². The van der Waals surface area contributed by atoms with Crippen LogP contribution in [0.15, 0.2) is 90.3 Å². The van der Waals surface area contributed by atoms with Crippen molar-refractivity contribution in [2.24, 2.45) is 0 Å². The molecule has 0 spiro atoms. The monoisotopic (exact) mass is 423 g/mol. The topological polar surface area (TPSA) is 46.6 Å². The van der Waals surface area contributed by atoms with Gasteiger partial charge in [0.05, 0.1) is 5.37 Å². The highest BCUT2D eigenvalue weighted by atomic mass is 32.2. The second-order valence-electron chi connectivity index (χ2n) is 6.58. The Hall–Kier alpha value is -2.54. The van der Waals surface area contributed by atoms with E-state index in [1.807, 2.05) is 84.9 Å². The molecule has 0 bridgehead atoms. The van der Waals surface area contributed by atoms with Gasteiger partial charge in [0.15, 0.2) is 0 Å². The van der Waals surface area contributed by atoms with Crippen LogP contribution >= 0.6 is 11.8 Å². The third-order valence-corrected chi connectivity index (χ3v) is 7.45. The summed E-state index contributed by atoms with van der Waals surface area (Å²) in [6.45, 7) is 0.487. The lowest BCUT2D eigenvalue weighted by molar-refractivity contribution is 0.439. The Bertz CT molecular complexity index is 1080. The molecule has 4 rings (SSSR count). The first kappa shape index (κ1) is 19.8. The fraction of sp³-hybridized carbons (Fsp3) is 0.130. The lowest BCUT2D eigenvalue weighted by Gasteiger charge is -2.22. The van der Waals surface area contributed by atoms with E-state index in [2.05, 4.69) is 0 Å². The van der Waals surface area contributed by atoms with Crippen LogP contribution < -0.4 is 4.74 Å². The van der Waals surface area contributed by atoms with Crippen molar-refractivity contribution in [3.8, 4) is 11.5 Å². The van der Waals surface area contributed by atoms with Crippen LogP contribution in [0.3, 0.4) is 0 Å². The molecule has 1 fully saturated rings. The van der Waals surface area contributed by atoms with Gasteiger partial charge in [0.2, 0.25) is 10.0 Å². The Morgan fingerprint density at radius 3 is 2.34 bits per heavy atom. The van der Waals surface area contributed by atoms with Gasteiger partial charge in [-0.25, -0.2) is 8.42 Å². The Morgan fingerprint density at radius 2 is 1.59 bits per heavy atom. The number of hydrogen-bond donors (Lipinski definition) is 0. The highest BCUT2D eigenvalue weighted by Crippen LogP contribution is 2.41. The minimum atomic E-state index is -3.54. The van der Waals surface area contributed by atoms with Gasteiger partial charge in [-0.1, -0.05) is 60.7 Å². The van der Waals surface area contributed by atoms with E-state index in [0.717, 1.165) is 22.6 Å². The third kappa shape index (κ3) is 4.90. The summed E-state index contributed by atoms with van der Waals surface area (Å²) < 4.78 is 33.4. The Balaban J connectivity index is 1.55. The number of ether oxygens (including phenoxy) is 1. The molecule has 1 heterocycles. The molecule has 1 aliphatic heterocycles. The van der Waals surface area contributed by atoms with Crippen molar-refractivity contribution in [2.75, 3.05) is 12.3 Å². The highest BCUT2D eigenvalue weighted by molar-refractivity contribution is 8.01. The molecule has 0 amide bonds. The molecule has 148 valence electrons. The van der Waals surface area contributed by atoms with Gasteiger partial charge in [-0.15, -0.1) is 11.8 Å². The summed E-state index contributed by atoms with van der Waals surface area (Å²) in [6, 6.07) is 26.6. The largest absolute Gasteiger partial charge is 0.457 e. The number of benzene rings is 3. The predicted octanol–water partition coefficient (Wildman–Crippen LogP) is 5.53. The van der Waals surface area contributed by atoms with Crippen molar-refractivity contribution in [2.45, 2.75) is 5.37 Å².